The summed E-state index contributed by atoms with van der Waals surface area (Å²) in [6.07, 6.45) is -4.80. The second-order valence-electron chi connectivity index (χ2n) is 3.67. The average Bonchev–Trinajstić information content (AvgIpc) is 2.51. The van der Waals surface area contributed by atoms with Crippen molar-refractivity contribution in [2.45, 2.75) is 32.0 Å². The summed E-state index contributed by atoms with van der Waals surface area (Å²) in [5.74, 6) is 0. The van der Waals surface area contributed by atoms with Crippen molar-refractivity contribution in [3.63, 3.8) is 0 Å². The Morgan fingerprint density at radius 1 is 1.41 bits per heavy atom. The SMILES string of the molecule is CC(NCCCC(F)(F)F)c1cc(Cl)sc1Cl. The minimum Gasteiger partial charge on any atom is -0.310 e. The predicted molar refractivity (Wildman–Crippen MR) is 66.0 cm³/mol. The summed E-state index contributed by atoms with van der Waals surface area (Å²) in [5.41, 5.74) is 0.827. The fourth-order valence-corrected chi connectivity index (χ4v) is 3.01. The lowest BCUT2D eigenvalue weighted by molar-refractivity contribution is -0.135. The molecule has 0 aliphatic heterocycles. The fourth-order valence-electron chi connectivity index (χ4n) is 1.37. The normalized spacial score (nSPS) is 14.0. The van der Waals surface area contributed by atoms with Gasteiger partial charge in [-0.2, -0.15) is 13.2 Å². The third-order valence-electron chi connectivity index (χ3n) is 2.24. The zero-order valence-electron chi connectivity index (χ0n) is 9.07. The summed E-state index contributed by atoms with van der Waals surface area (Å²) in [5, 5.41) is 2.99. The molecule has 0 bridgehead atoms. The summed E-state index contributed by atoms with van der Waals surface area (Å²) in [6, 6.07) is 1.63. The highest BCUT2D eigenvalue weighted by Gasteiger charge is 2.26. The Labute approximate surface area is 112 Å². The molecule has 0 amide bonds. The fraction of sp³-hybridized carbons (Fsp3) is 0.600. The van der Waals surface area contributed by atoms with Crippen molar-refractivity contribution in [3.8, 4) is 0 Å². The summed E-state index contributed by atoms with van der Waals surface area (Å²) in [6.45, 7) is 2.14. The lowest BCUT2D eigenvalue weighted by Gasteiger charge is -2.13. The highest BCUT2D eigenvalue weighted by atomic mass is 35.5. The van der Waals surface area contributed by atoms with Crippen molar-refractivity contribution in [1.29, 1.82) is 0 Å². The standard InChI is InChI=1S/C10H12Cl2F3NS/c1-6(7-5-8(11)17-9(7)12)16-4-2-3-10(13,14)15/h5-6,16H,2-4H2,1H3. The molecule has 1 atom stereocenters. The molecule has 17 heavy (non-hydrogen) atoms. The third-order valence-corrected chi connectivity index (χ3v) is 3.76. The van der Waals surface area contributed by atoms with Crippen molar-refractivity contribution in [2.24, 2.45) is 0 Å². The molecule has 0 aliphatic carbocycles. The first-order chi connectivity index (χ1) is 7.79. The molecule has 1 aromatic heterocycles. The average molecular weight is 306 g/mol. The maximum absolute atomic E-state index is 11.9. The summed E-state index contributed by atoms with van der Waals surface area (Å²) < 4.78 is 36.9. The topological polar surface area (TPSA) is 12.0 Å². The van der Waals surface area contributed by atoms with Gasteiger partial charge in [0.1, 0.15) is 0 Å². The van der Waals surface area contributed by atoms with Crippen molar-refractivity contribution >= 4 is 34.5 Å². The molecule has 1 heterocycles. The van der Waals surface area contributed by atoms with E-state index in [1.54, 1.807) is 6.07 Å². The molecule has 7 heteroatoms. The molecule has 0 fully saturated rings. The van der Waals surface area contributed by atoms with Crippen LogP contribution in [0.3, 0.4) is 0 Å². The molecule has 0 spiro atoms. The number of hydrogen-bond acceptors (Lipinski definition) is 2. The largest absolute Gasteiger partial charge is 0.389 e. The number of halogens is 5. The van der Waals surface area contributed by atoms with Gasteiger partial charge >= 0.3 is 6.18 Å². The van der Waals surface area contributed by atoms with E-state index < -0.39 is 12.6 Å². The van der Waals surface area contributed by atoms with Gasteiger partial charge in [0.15, 0.2) is 0 Å². The van der Waals surface area contributed by atoms with Gasteiger partial charge < -0.3 is 5.32 Å². The molecule has 0 aromatic carbocycles. The van der Waals surface area contributed by atoms with Crippen LogP contribution in [0.5, 0.6) is 0 Å². The van der Waals surface area contributed by atoms with Crippen molar-refractivity contribution < 1.29 is 13.2 Å². The quantitative estimate of drug-likeness (QED) is 0.751. The summed E-state index contributed by atoms with van der Waals surface area (Å²) in [4.78, 5) is 0. The summed E-state index contributed by atoms with van der Waals surface area (Å²) in [7, 11) is 0. The number of alkyl halides is 3. The molecule has 0 aliphatic rings. The van der Waals surface area contributed by atoms with E-state index in [1.807, 2.05) is 6.92 Å². The van der Waals surface area contributed by atoms with Gasteiger partial charge in [-0.25, -0.2) is 0 Å². The summed E-state index contributed by atoms with van der Waals surface area (Å²) >= 11 is 13.0. The van der Waals surface area contributed by atoms with Crippen molar-refractivity contribution in [2.75, 3.05) is 6.54 Å². The molecular weight excluding hydrogens is 294 g/mol. The minimum atomic E-state index is -4.09. The Morgan fingerprint density at radius 2 is 2.06 bits per heavy atom. The Morgan fingerprint density at radius 3 is 2.53 bits per heavy atom. The van der Waals surface area contributed by atoms with Crippen LogP contribution in [-0.4, -0.2) is 12.7 Å². The first kappa shape index (κ1) is 15.1. The maximum Gasteiger partial charge on any atom is 0.389 e. The predicted octanol–water partition coefficient (Wildman–Crippen LogP) is 5.05. The highest BCUT2D eigenvalue weighted by Crippen LogP contribution is 2.34. The van der Waals surface area contributed by atoms with Crippen molar-refractivity contribution in [1.82, 2.24) is 5.32 Å². The molecule has 1 aromatic rings. The molecule has 1 N–H and O–H groups in total. The molecule has 1 nitrogen and oxygen atoms in total. The Kier molecular flexibility index (Phi) is 5.57. The van der Waals surface area contributed by atoms with Crippen LogP contribution in [0.15, 0.2) is 6.07 Å². The lowest BCUT2D eigenvalue weighted by Crippen LogP contribution is -2.21. The van der Waals surface area contributed by atoms with E-state index in [0.717, 1.165) is 5.56 Å². The van der Waals surface area contributed by atoms with Gasteiger partial charge in [-0.1, -0.05) is 23.2 Å². The number of thiophene rings is 1. The first-order valence-corrected chi connectivity index (χ1v) is 6.61. The zero-order chi connectivity index (χ0) is 13.1. The highest BCUT2D eigenvalue weighted by molar-refractivity contribution is 7.20. The Balaban J connectivity index is 2.35. The van der Waals surface area contributed by atoms with E-state index in [4.69, 9.17) is 23.2 Å². The van der Waals surface area contributed by atoms with E-state index in [0.29, 0.717) is 15.2 Å². The third kappa shape index (κ3) is 5.46. The second kappa shape index (κ2) is 6.27. The molecule has 0 radical (unpaired) electrons. The van der Waals surface area contributed by atoms with Crippen LogP contribution in [0.2, 0.25) is 8.67 Å². The second-order valence-corrected chi connectivity index (χ2v) is 5.96. The van der Waals surface area contributed by atoms with Gasteiger partial charge in [0.25, 0.3) is 0 Å². The van der Waals surface area contributed by atoms with E-state index in [9.17, 15) is 13.2 Å². The van der Waals surface area contributed by atoms with Crippen LogP contribution >= 0.6 is 34.5 Å². The van der Waals surface area contributed by atoms with Crippen molar-refractivity contribution in [3.05, 3.63) is 20.3 Å². The number of hydrogen-bond donors (Lipinski definition) is 1. The van der Waals surface area contributed by atoms with Gasteiger partial charge in [0.2, 0.25) is 0 Å². The molecule has 1 unspecified atom stereocenters. The number of rotatable bonds is 5. The number of nitrogens with one attached hydrogen (secondary N) is 1. The van der Waals surface area contributed by atoms with Gasteiger partial charge in [0, 0.05) is 12.5 Å². The van der Waals surface area contributed by atoms with Gasteiger partial charge in [-0.3, -0.25) is 0 Å². The molecular formula is C10H12Cl2F3NS. The van der Waals surface area contributed by atoms with Gasteiger partial charge in [-0.05, 0) is 31.5 Å². The lowest BCUT2D eigenvalue weighted by atomic mass is 10.2. The Bertz CT molecular complexity index is 365. The van der Waals surface area contributed by atoms with E-state index in [2.05, 4.69) is 5.32 Å². The zero-order valence-corrected chi connectivity index (χ0v) is 11.4. The minimum absolute atomic E-state index is 0.0589. The maximum atomic E-state index is 11.9. The monoisotopic (exact) mass is 305 g/mol. The van der Waals surface area contributed by atoms with Crippen LogP contribution in [-0.2, 0) is 0 Å². The van der Waals surface area contributed by atoms with Crippen LogP contribution in [0.1, 0.15) is 31.4 Å². The van der Waals surface area contributed by atoms with E-state index in [-0.39, 0.29) is 12.5 Å². The Hall–Kier alpha value is 0.0300. The molecule has 0 saturated carbocycles. The molecule has 1 rings (SSSR count). The molecule has 0 saturated heterocycles. The van der Waals surface area contributed by atoms with Crippen LogP contribution in [0.25, 0.3) is 0 Å². The van der Waals surface area contributed by atoms with Crippen LogP contribution in [0.4, 0.5) is 13.2 Å². The molecule has 98 valence electrons. The van der Waals surface area contributed by atoms with Gasteiger partial charge in [0.05, 0.1) is 8.67 Å². The van der Waals surface area contributed by atoms with E-state index >= 15 is 0 Å². The van der Waals surface area contributed by atoms with E-state index in [1.165, 1.54) is 11.3 Å². The van der Waals surface area contributed by atoms with Crippen LogP contribution < -0.4 is 5.32 Å². The van der Waals surface area contributed by atoms with Gasteiger partial charge in [-0.15, -0.1) is 11.3 Å². The first-order valence-electron chi connectivity index (χ1n) is 5.04. The smallest absolute Gasteiger partial charge is 0.310 e. The van der Waals surface area contributed by atoms with Crippen LogP contribution in [0, 0.1) is 0 Å².